The average molecular weight is 525 g/mol. The van der Waals surface area contributed by atoms with E-state index < -0.39 is 35.8 Å². The van der Waals surface area contributed by atoms with Crippen molar-refractivity contribution in [3.05, 3.63) is 53.6 Å². The predicted octanol–water partition coefficient (Wildman–Crippen LogP) is -2.96. The summed E-state index contributed by atoms with van der Waals surface area (Å²) in [6.07, 6.45) is -1.46. The second-order valence-corrected chi connectivity index (χ2v) is 8.01. The molecule has 1 fully saturated rings. The Labute approximate surface area is 207 Å². The number of carbonyl (C=O) groups excluding carboxylic acids is 3. The Kier molecular flexibility index (Phi) is 7.65. The molecule has 15 nitrogen and oxygen atoms in total. The standard InChI is InChI=1S/C20H21ClN6O9/c1-2-16(28)26-3-4-27(18(30)19(31,32)33)14(8-26)10-5-12(24-15(21)6-10)11-7-13(23-9-22-11)17(29)25-20(34,35)36/h2,5-7,9,14,31-36H,1,3-4,8H2,(H,25,29). The number of hydrogen-bond donors (Lipinski definition) is 7. The molecule has 0 bridgehead atoms. The molecule has 3 rings (SSSR count). The highest BCUT2D eigenvalue weighted by Gasteiger charge is 2.42. The molecule has 1 unspecified atom stereocenters. The van der Waals surface area contributed by atoms with Crippen molar-refractivity contribution in [1.82, 2.24) is 30.1 Å². The van der Waals surface area contributed by atoms with Gasteiger partial charge >= 0.3 is 18.0 Å². The quantitative estimate of drug-likeness (QED) is 0.114. The minimum Gasteiger partial charge on any atom is -0.336 e. The first-order chi connectivity index (χ1) is 16.7. The Morgan fingerprint density at radius 3 is 2.36 bits per heavy atom. The van der Waals surface area contributed by atoms with Crippen LogP contribution in [0.2, 0.25) is 5.15 Å². The van der Waals surface area contributed by atoms with Crippen molar-refractivity contribution in [2.24, 2.45) is 0 Å². The molecule has 192 valence electrons. The molecule has 3 amide bonds. The minimum absolute atomic E-state index is 0.0152. The maximum Gasteiger partial charge on any atom is 0.369 e. The van der Waals surface area contributed by atoms with Gasteiger partial charge in [-0.1, -0.05) is 18.2 Å². The van der Waals surface area contributed by atoms with Gasteiger partial charge in [0.1, 0.15) is 17.2 Å². The van der Waals surface area contributed by atoms with Crippen LogP contribution in [0.1, 0.15) is 22.1 Å². The van der Waals surface area contributed by atoms with Gasteiger partial charge in [0.05, 0.1) is 17.4 Å². The molecule has 1 aliphatic rings. The van der Waals surface area contributed by atoms with Crippen molar-refractivity contribution >= 4 is 29.3 Å². The van der Waals surface area contributed by atoms with Crippen LogP contribution in [-0.2, 0) is 9.59 Å². The molecule has 0 aliphatic carbocycles. The van der Waals surface area contributed by atoms with E-state index in [-0.39, 0.29) is 47.4 Å². The van der Waals surface area contributed by atoms with Crippen molar-refractivity contribution in [3.63, 3.8) is 0 Å². The summed E-state index contributed by atoms with van der Waals surface area (Å²) in [6, 6.07) is 2.81. The zero-order valence-electron chi connectivity index (χ0n) is 18.3. The lowest BCUT2D eigenvalue weighted by Gasteiger charge is -2.42. The number of halogens is 1. The van der Waals surface area contributed by atoms with Crippen LogP contribution in [0.4, 0.5) is 0 Å². The van der Waals surface area contributed by atoms with Gasteiger partial charge in [-0.15, -0.1) is 0 Å². The first kappa shape index (κ1) is 27.0. The number of nitrogens with one attached hydrogen (secondary N) is 1. The maximum absolute atomic E-state index is 12.5. The van der Waals surface area contributed by atoms with Gasteiger partial charge in [0, 0.05) is 19.6 Å². The van der Waals surface area contributed by atoms with Crippen molar-refractivity contribution in [2.75, 3.05) is 19.6 Å². The average Bonchev–Trinajstić information content (AvgIpc) is 2.80. The molecular weight excluding hydrogens is 504 g/mol. The maximum atomic E-state index is 12.5. The molecular formula is C20H21ClN6O9. The third-order valence-electron chi connectivity index (χ3n) is 5.06. The summed E-state index contributed by atoms with van der Waals surface area (Å²) in [5, 5.41) is 56.6. The van der Waals surface area contributed by atoms with E-state index in [1.165, 1.54) is 22.3 Å². The van der Waals surface area contributed by atoms with Crippen LogP contribution in [0.3, 0.4) is 0 Å². The zero-order chi connectivity index (χ0) is 26.8. The van der Waals surface area contributed by atoms with E-state index >= 15 is 0 Å². The second kappa shape index (κ2) is 10.2. The molecule has 16 heteroatoms. The Balaban J connectivity index is 2.03. The Hall–Kier alpha value is -3.57. The van der Waals surface area contributed by atoms with E-state index in [0.717, 1.165) is 23.4 Å². The molecule has 0 radical (unpaired) electrons. The fourth-order valence-electron chi connectivity index (χ4n) is 3.51. The van der Waals surface area contributed by atoms with Crippen molar-refractivity contribution < 1.29 is 45.0 Å². The largest absolute Gasteiger partial charge is 0.369 e. The molecule has 2 aromatic rings. The highest BCUT2D eigenvalue weighted by atomic mass is 35.5. The summed E-state index contributed by atoms with van der Waals surface area (Å²) in [6.45, 7) is 3.13. The number of amides is 3. The van der Waals surface area contributed by atoms with Crippen LogP contribution in [-0.4, -0.2) is 105 Å². The van der Waals surface area contributed by atoms with Gasteiger partial charge in [-0.3, -0.25) is 19.7 Å². The van der Waals surface area contributed by atoms with Gasteiger partial charge in [-0.2, -0.15) is 0 Å². The first-order valence-corrected chi connectivity index (χ1v) is 10.5. The van der Waals surface area contributed by atoms with Crippen LogP contribution in [0.15, 0.2) is 37.2 Å². The smallest absolute Gasteiger partial charge is 0.336 e. The molecule has 1 saturated heterocycles. The molecule has 0 saturated carbocycles. The number of carbonyl (C=O) groups is 3. The number of pyridine rings is 1. The molecule has 1 atom stereocenters. The lowest BCUT2D eigenvalue weighted by Crippen LogP contribution is -2.57. The van der Waals surface area contributed by atoms with Crippen molar-refractivity contribution in [3.8, 4) is 11.4 Å². The van der Waals surface area contributed by atoms with Crippen LogP contribution < -0.4 is 5.32 Å². The Morgan fingerprint density at radius 2 is 1.75 bits per heavy atom. The summed E-state index contributed by atoms with van der Waals surface area (Å²) >= 11 is 6.17. The first-order valence-electron chi connectivity index (χ1n) is 10.1. The number of aromatic nitrogens is 3. The van der Waals surface area contributed by atoms with Crippen LogP contribution in [0.25, 0.3) is 11.4 Å². The minimum atomic E-state index is -3.67. The van der Waals surface area contributed by atoms with Crippen LogP contribution >= 0.6 is 11.6 Å². The fraction of sp³-hybridized carbons (Fsp3) is 0.300. The van der Waals surface area contributed by atoms with Gasteiger partial charge in [0.2, 0.25) is 5.91 Å². The summed E-state index contributed by atoms with van der Waals surface area (Å²) in [7, 11) is 0. The van der Waals surface area contributed by atoms with Gasteiger partial charge in [-0.05, 0) is 29.8 Å². The zero-order valence-corrected chi connectivity index (χ0v) is 19.1. The highest BCUT2D eigenvalue weighted by Crippen LogP contribution is 2.31. The molecule has 0 aromatic carbocycles. The Morgan fingerprint density at radius 1 is 1.06 bits per heavy atom. The summed E-state index contributed by atoms with van der Waals surface area (Å²) in [5.41, 5.74) is -0.0477. The summed E-state index contributed by atoms with van der Waals surface area (Å²) < 4.78 is 0. The van der Waals surface area contributed by atoms with E-state index in [0.29, 0.717) is 0 Å². The number of rotatable bonds is 6. The third kappa shape index (κ3) is 6.35. The van der Waals surface area contributed by atoms with E-state index in [1.807, 2.05) is 0 Å². The van der Waals surface area contributed by atoms with Gasteiger partial charge in [-0.25, -0.2) is 15.0 Å². The predicted molar refractivity (Wildman–Crippen MR) is 118 cm³/mol. The monoisotopic (exact) mass is 524 g/mol. The lowest BCUT2D eigenvalue weighted by molar-refractivity contribution is -0.323. The molecule has 3 heterocycles. The van der Waals surface area contributed by atoms with Crippen LogP contribution in [0.5, 0.6) is 0 Å². The van der Waals surface area contributed by atoms with E-state index in [9.17, 15) is 29.7 Å². The molecule has 7 N–H and O–H groups in total. The molecule has 0 spiro atoms. The van der Waals surface area contributed by atoms with E-state index in [2.05, 4.69) is 21.5 Å². The topological polar surface area (TPSA) is 230 Å². The molecule has 2 aromatic heterocycles. The SMILES string of the molecule is C=CC(=O)N1CCN(C(=O)C(O)(O)O)C(c2cc(Cl)nc(-c3cc(C(=O)NC(O)(O)O)ncn3)c2)C1. The summed E-state index contributed by atoms with van der Waals surface area (Å²) in [4.78, 5) is 50.8. The lowest BCUT2D eigenvalue weighted by atomic mass is 10.0. The van der Waals surface area contributed by atoms with Crippen molar-refractivity contribution in [1.29, 1.82) is 0 Å². The van der Waals surface area contributed by atoms with Gasteiger partial charge in [0.25, 0.3) is 5.91 Å². The normalized spacial score (nSPS) is 16.5. The van der Waals surface area contributed by atoms with E-state index in [1.54, 1.807) is 0 Å². The number of nitrogens with zero attached hydrogens (tertiary/aromatic N) is 5. The van der Waals surface area contributed by atoms with Gasteiger partial charge < -0.3 is 40.4 Å². The third-order valence-corrected chi connectivity index (χ3v) is 5.25. The second-order valence-electron chi connectivity index (χ2n) is 7.62. The fourth-order valence-corrected chi connectivity index (χ4v) is 3.73. The Bertz CT molecular complexity index is 1200. The van der Waals surface area contributed by atoms with Gasteiger partial charge in [0.15, 0.2) is 0 Å². The summed E-state index contributed by atoms with van der Waals surface area (Å²) in [5.74, 6) is -6.72. The number of hydrogen-bond acceptors (Lipinski definition) is 12. The van der Waals surface area contributed by atoms with Crippen LogP contribution in [0, 0.1) is 0 Å². The highest BCUT2D eigenvalue weighted by molar-refractivity contribution is 6.29. The number of piperazine rings is 1. The van der Waals surface area contributed by atoms with E-state index in [4.69, 9.17) is 26.9 Å². The number of aliphatic hydroxyl groups is 6. The molecule has 1 aliphatic heterocycles. The molecule has 36 heavy (non-hydrogen) atoms. The van der Waals surface area contributed by atoms with Crippen molar-refractivity contribution in [2.45, 2.75) is 18.1 Å².